The second-order valence-electron chi connectivity index (χ2n) is 5.11. The molecular weight excluding hydrogens is 287 g/mol. The van der Waals surface area contributed by atoms with Gasteiger partial charge in [-0.25, -0.2) is 4.39 Å². The Kier molecular flexibility index (Phi) is 4.53. The molecule has 0 unspecified atom stereocenters. The number of methoxy groups -OCH3 is 1. The van der Waals surface area contributed by atoms with Gasteiger partial charge in [0.15, 0.2) is 11.6 Å². The maximum Gasteiger partial charge on any atom is 0.170 e. The van der Waals surface area contributed by atoms with E-state index in [9.17, 15) is 4.39 Å². The third-order valence-electron chi connectivity index (χ3n) is 3.88. The molecule has 112 valence electrons. The van der Waals surface area contributed by atoms with Crippen molar-refractivity contribution in [2.45, 2.75) is 6.04 Å². The summed E-state index contributed by atoms with van der Waals surface area (Å²) in [5.74, 6) is 0.0533. The van der Waals surface area contributed by atoms with E-state index in [4.69, 9.17) is 4.74 Å². The Balaban J connectivity index is 2.03. The van der Waals surface area contributed by atoms with Crippen molar-refractivity contribution in [2.24, 2.45) is 0 Å². The summed E-state index contributed by atoms with van der Waals surface area (Å²) in [5, 5.41) is 7.49. The molecule has 0 aliphatic carbocycles. The standard InChI is InChI=1S/C16H19FN2OS/c1-20-14-4-2-3-13(15(14)17)16(12-5-10-21-11-12)19-8-6-18-7-9-19/h2-5,10-11,16,18H,6-9H2,1H3/t16-/m1/s1. The molecule has 0 spiro atoms. The monoisotopic (exact) mass is 306 g/mol. The molecule has 0 amide bonds. The summed E-state index contributed by atoms with van der Waals surface area (Å²) < 4.78 is 19.8. The van der Waals surface area contributed by atoms with E-state index in [1.54, 1.807) is 17.4 Å². The first-order valence-corrected chi connectivity index (χ1v) is 8.05. The zero-order valence-electron chi connectivity index (χ0n) is 12.0. The average Bonchev–Trinajstić information content (AvgIpc) is 3.04. The lowest BCUT2D eigenvalue weighted by molar-refractivity contribution is 0.195. The third kappa shape index (κ3) is 2.95. The Morgan fingerprint density at radius 1 is 1.29 bits per heavy atom. The fourth-order valence-corrected chi connectivity index (χ4v) is 3.53. The highest BCUT2D eigenvalue weighted by atomic mass is 32.1. The fraction of sp³-hybridized carbons (Fsp3) is 0.375. The van der Waals surface area contributed by atoms with Crippen LogP contribution >= 0.6 is 11.3 Å². The van der Waals surface area contributed by atoms with Crippen molar-refractivity contribution in [3.8, 4) is 5.75 Å². The van der Waals surface area contributed by atoms with Gasteiger partial charge in [0.1, 0.15) is 0 Å². The summed E-state index contributed by atoms with van der Waals surface area (Å²) in [4.78, 5) is 2.33. The molecule has 3 nitrogen and oxygen atoms in total. The van der Waals surface area contributed by atoms with Crippen LogP contribution in [0.1, 0.15) is 17.2 Å². The minimum atomic E-state index is -0.255. The number of rotatable bonds is 4. The van der Waals surface area contributed by atoms with Gasteiger partial charge in [0.05, 0.1) is 13.2 Å². The molecule has 1 aromatic carbocycles. The van der Waals surface area contributed by atoms with Gasteiger partial charge < -0.3 is 10.1 Å². The van der Waals surface area contributed by atoms with Gasteiger partial charge in [-0.15, -0.1) is 0 Å². The smallest absolute Gasteiger partial charge is 0.170 e. The number of ether oxygens (including phenoxy) is 1. The summed E-state index contributed by atoms with van der Waals surface area (Å²) in [5.41, 5.74) is 1.84. The summed E-state index contributed by atoms with van der Waals surface area (Å²) in [6.07, 6.45) is 0. The molecule has 2 aromatic rings. The second-order valence-corrected chi connectivity index (χ2v) is 5.89. The number of hydrogen-bond donors (Lipinski definition) is 1. The molecule has 1 aliphatic heterocycles. The molecule has 1 fully saturated rings. The zero-order chi connectivity index (χ0) is 14.7. The van der Waals surface area contributed by atoms with Crippen LogP contribution in [-0.2, 0) is 0 Å². The lowest BCUT2D eigenvalue weighted by atomic mass is 9.98. The Bertz CT molecular complexity index is 582. The van der Waals surface area contributed by atoms with E-state index in [0.717, 1.165) is 31.7 Å². The van der Waals surface area contributed by atoms with Crippen LogP contribution in [0.5, 0.6) is 5.75 Å². The number of thiophene rings is 1. The summed E-state index contributed by atoms with van der Waals surface area (Å²) in [6, 6.07) is 7.42. The number of benzene rings is 1. The minimum absolute atomic E-state index is 0.0477. The van der Waals surface area contributed by atoms with Crippen molar-refractivity contribution >= 4 is 11.3 Å². The predicted octanol–water partition coefficient (Wildman–Crippen LogP) is 2.89. The van der Waals surface area contributed by atoms with Crippen LogP contribution < -0.4 is 10.1 Å². The Hall–Kier alpha value is -1.43. The normalized spacial score (nSPS) is 17.6. The van der Waals surface area contributed by atoms with Gasteiger partial charge in [0, 0.05) is 31.7 Å². The zero-order valence-corrected chi connectivity index (χ0v) is 12.8. The highest BCUT2D eigenvalue weighted by Crippen LogP contribution is 2.34. The quantitative estimate of drug-likeness (QED) is 0.940. The molecule has 0 saturated carbocycles. The molecule has 1 aromatic heterocycles. The van der Waals surface area contributed by atoms with Crippen molar-refractivity contribution in [2.75, 3.05) is 33.3 Å². The number of halogens is 1. The number of nitrogens with one attached hydrogen (secondary N) is 1. The molecule has 1 atom stereocenters. The highest BCUT2D eigenvalue weighted by molar-refractivity contribution is 7.08. The molecular formula is C16H19FN2OS. The first-order valence-electron chi connectivity index (χ1n) is 7.10. The van der Waals surface area contributed by atoms with Crippen LogP contribution in [0.15, 0.2) is 35.0 Å². The van der Waals surface area contributed by atoms with Crippen LogP contribution in [0.25, 0.3) is 0 Å². The lowest BCUT2D eigenvalue weighted by Gasteiger charge is -2.35. The molecule has 2 heterocycles. The molecule has 1 aliphatic rings. The Labute approximate surface area is 128 Å². The SMILES string of the molecule is COc1cccc([C@@H](c2ccsc2)N2CCNCC2)c1F. The van der Waals surface area contributed by atoms with Crippen molar-refractivity contribution in [1.29, 1.82) is 0 Å². The highest BCUT2D eigenvalue weighted by Gasteiger charge is 2.27. The van der Waals surface area contributed by atoms with Crippen molar-refractivity contribution in [1.82, 2.24) is 10.2 Å². The van der Waals surface area contributed by atoms with E-state index >= 15 is 0 Å². The van der Waals surface area contributed by atoms with Crippen LogP contribution in [0.3, 0.4) is 0 Å². The van der Waals surface area contributed by atoms with E-state index in [0.29, 0.717) is 11.3 Å². The molecule has 0 bridgehead atoms. The summed E-state index contributed by atoms with van der Waals surface area (Å²) in [6.45, 7) is 3.70. The summed E-state index contributed by atoms with van der Waals surface area (Å²) in [7, 11) is 1.51. The largest absolute Gasteiger partial charge is 0.494 e. The maximum atomic E-state index is 14.7. The van der Waals surface area contributed by atoms with Gasteiger partial charge in [0.2, 0.25) is 0 Å². The van der Waals surface area contributed by atoms with E-state index in [2.05, 4.69) is 21.7 Å². The van der Waals surface area contributed by atoms with Gasteiger partial charge in [-0.2, -0.15) is 11.3 Å². The lowest BCUT2D eigenvalue weighted by Crippen LogP contribution is -2.45. The van der Waals surface area contributed by atoms with Gasteiger partial charge in [-0.3, -0.25) is 4.90 Å². The molecule has 1 saturated heterocycles. The van der Waals surface area contributed by atoms with Crippen molar-refractivity contribution in [3.63, 3.8) is 0 Å². The van der Waals surface area contributed by atoms with Gasteiger partial charge in [0.25, 0.3) is 0 Å². The third-order valence-corrected chi connectivity index (χ3v) is 4.58. The van der Waals surface area contributed by atoms with Gasteiger partial charge in [-0.05, 0) is 28.5 Å². The predicted molar refractivity (Wildman–Crippen MR) is 83.6 cm³/mol. The van der Waals surface area contributed by atoms with Crippen LogP contribution in [0, 0.1) is 5.82 Å². The topological polar surface area (TPSA) is 24.5 Å². The molecule has 5 heteroatoms. The first-order chi connectivity index (χ1) is 10.3. The summed E-state index contributed by atoms with van der Waals surface area (Å²) >= 11 is 1.65. The van der Waals surface area contributed by atoms with Gasteiger partial charge in [-0.1, -0.05) is 12.1 Å². The molecule has 1 N–H and O–H groups in total. The molecule has 0 radical (unpaired) electrons. The maximum absolute atomic E-state index is 14.7. The van der Waals surface area contributed by atoms with Crippen molar-refractivity contribution < 1.29 is 9.13 Å². The van der Waals surface area contributed by atoms with E-state index in [1.165, 1.54) is 7.11 Å². The molecule has 21 heavy (non-hydrogen) atoms. The number of hydrogen-bond acceptors (Lipinski definition) is 4. The van der Waals surface area contributed by atoms with E-state index < -0.39 is 0 Å². The second kappa shape index (κ2) is 6.56. The Morgan fingerprint density at radius 2 is 2.10 bits per heavy atom. The Morgan fingerprint density at radius 3 is 2.76 bits per heavy atom. The van der Waals surface area contributed by atoms with E-state index in [-0.39, 0.29) is 11.9 Å². The first kappa shape index (κ1) is 14.5. The van der Waals surface area contributed by atoms with E-state index in [1.807, 2.05) is 17.5 Å². The van der Waals surface area contributed by atoms with Gasteiger partial charge >= 0.3 is 0 Å². The van der Waals surface area contributed by atoms with Crippen molar-refractivity contribution in [3.05, 3.63) is 52.0 Å². The molecule has 3 rings (SSSR count). The van der Waals surface area contributed by atoms with Crippen LogP contribution in [0.4, 0.5) is 4.39 Å². The fourth-order valence-electron chi connectivity index (χ4n) is 2.85. The minimum Gasteiger partial charge on any atom is -0.494 e. The van der Waals surface area contributed by atoms with Crippen LogP contribution in [0.2, 0.25) is 0 Å². The number of nitrogens with zero attached hydrogens (tertiary/aromatic N) is 1. The average molecular weight is 306 g/mol. The number of piperazine rings is 1. The van der Waals surface area contributed by atoms with Crippen LogP contribution in [-0.4, -0.2) is 38.2 Å².